The lowest BCUT2D eigenvalue weighted by Gasteiger charge is -2.33. The fourth-order valence-corrected chi connectivity index (χ4v) is 9.50. The molecular formula is C47H63N17O8. The Hall–Kier alpha value is -7.61. The first-order valence-corrected chi connectivity index (χ1v) is 23.9. The molecule has 3 aromatic heterocycles. The van der Waals surface area contributed by atoms with Gasteiger partial charge >= 0.3 is 0 Å². The van der Waals surface area contributed by atoms with Gasteiger partial charge in [-0.15, -0.1) is 10.2 Å². The zero-order chi connectivity index (χ0) is 51.2. The lowest BCUT2D eigenvalue weighted by Crippen LogP contribution is -2.45. The van der Waals surface area contributed by atoms with Gasteiger partial charge in [0.05, 0.1) is 43.7 Å². The number of anilines is 3. The molecule has 72 heavy (non-hydrogen) atoms. The molecule has 1 unspecified atom stereocenters. The van der Waals surface area contributed by atoms with Gasteiger partial charge in [-0.05, 0) is 83.6 Å². The summed E-state index contributed by atoms with van der Waals surface area (Å²) < 4.78 is 17.7. The quantitative estimate of drug-likeness (QED) is 0.0339. The van der Waals surface area contributed by atoms with Crippen molar-refractivity contribution in [2.24, 2.45) is 17.4 Å². The van der Waals surface area contributed by atoms with E-state index in [1.807, 2.05) is 33.0 Å². The van der Waals surface area contributed by atoms with E-state index >= 15 is 0 Å². The number of amides is 5. The molecule has 9 N–H and O–H groups in total. The number of benzene rings is 2. The SMILES string of the molecule is CCn1nc(C)cc1C(=O)Nc1nc2cc(C(N)=O)cc(OC)c2n1C/C=C/CN1c2c(cc(C(N)=O)cc2OCCCN2CCC(c3nnc4n3CCN(C(=O)CN(C)C(=O)CON)C4)CC2)NC1NC. The molecule has 0 spiro atoms. The van der Waals surface area contributed by atoms with Crippen LogP contribution in [0.15, 0.2) is 42.5 Å². The minimum absolute atomic E-state index is 0.0765. The maximum Gasteiger partial charge on any atom is 0.276 e. The van der Waals surface area contributed by atoms with Gasteiger partial charge in [0.2, 0.25) is 23.7 Å². The number of primary amides is 2. The zero-order valence-electron chi connectivity index (χ0n) is 41.2. The lowest BCUT2D eigenvalue weighted by atomic mass is 9.95. The minimum Gasteiger partial charge on any atom is -0.494 e. The number of aromatic nitrogens is 7. The van der Waals surface area contributed by atoms with Crippen LogP contribution < -0.4 is 47.7 Å². The summed E-state index contributed by atoms with van der Waals surface area (Å²) in [4.78, 5) is 80.0. The number of likely N-dealkylation sites (N-methyl/N-ethyl adjacent to an activating group) is 1. The van der Waals surface area contributed by atoms with Crippen molar-refractivity contribution in [1.29, 1.82) is 0 Å². The first kappa shape index (κ1) is 50.8. The highest BCUT2D eigenvalue weighted by molar-refractivity contribution is 6.04. The summed E-state index contributed by atoms with van der Waals surface area (Å²) >= 11 is 0. The van der Waals surface area contributed by atoms with E-state index in [0.717, 1.165) is 56.2 Å². The van der Waals surface area contributed by atoms with Gasteiger partial charge < -0.3 is 55.0 Å². The number of fused-ring (bicyclic) bond motifs is 3. The maximum absolute atomic E-state index is 13.6. The maximum atomic E-state index is 13.6. The number of rotatable bonds is 21. The smallest absolute Gasteiger partial charge is 0.276 e. The first-order valence-electron chi connectivity index (χ1n) is 23.9. The van der Waals surface area contributed by atoms with Crippen LogP contribution in [-0.2, 0) is 40.6 Å². The van der Waals surface area contributed by atoms with E-state index in [1.54, 1.807) is 44.5 Å². The molecule has 1 fully saturated rings. The number of hydrogen-bond acceptors (Lipinski definition) is 17. The Morgan fingerprint density at radius 2 is 1.69 bits per heavy atom. The Bertz CT molecular complexity index is 2870. The number of methoxy groups -OCH3 is 1. The number of nitrogens with two attached hydrogens (primary N) is 3. The summed E-state index contributed by atoms with van der Waals surface area (Å²) in [5, 5.41) is 23.1. The van der Waals surface area contributed by atoms with Crippen molar-refractivity contribution < 1.29 is 38.3 Å². The Morgan fingerprint density at radius 3 is 2.40 bits per heavy atom. The summed E-state index contributed by atoms with van der Waals surface area (Å²) in [7, 11) is 4.85. The van der Waals surface area contributed by atoms with Crippen LogP contribution in [0.1, 0.15) is 80.7 Å². The molecule has 3 aliphatic rings. The predicted molar refractivity (Wildman–Crippen MR) is 265 cm³/mol. The number of nitrogens with one attached hydrogen (secondary N) is 3. The van der Waals surface area contributed by atoms with Crippen molar-refractivity contribution in [3.63, 3.8) is 0 Å². The predicted octanol–water partition coefficient (Wildman–Crippen LogP) is 0.942. The average molecular weight is 994 g/mol. The van der Waals surface area contributed by atoms with Crippen molar-refractivity contribution in [1.82, 2.24) is 54.1 Å². The standard InChI is InChI=1S/C47H63N17O8/c1-6-64-34(20-28(2)57-64)45(69)54-47-53-32-21-30(42(48)67)23-35(70-5)40(32)63(47)14-8-7-13-62-41-33(52-46(62)51-3)22-31(43(49)68)24-36(41)71-19-9-12-59-15-10-29(11-16-59)44-56-55-37-25-60(17-18-61(37)44)38(65)26-58(4)39(66)27-72-50/h7-8,20-24,29,46,51-52H,6,9-19,25-27,50H2,1-5H3,(H2,48,67)(H2,49,68)(H,53,54,69)/b8-7+. The highest BCUT2D eigenvalue weighted by Gasteiger charge is 2.33. The molecule has 3 aliphatic heterocycles. The average Bonchev–Trinajstić information content (AvgIpc) is 4.16. The number of nitrogens with zero attached hydrogens (tertiary/aromatic N) is 11. The van der Waals surface area contributed by atoms with Crippen LogP contribution in [0, 0.1) is 6.92 Å². The van der Waals surface area contributed by atoms with Gasteiger partial charge in [-0.2, -0.15) is 5.10 Å². The molecule has 0 saturated carbocycles. The monoisotopic (exact) mass is 994 g/mol. The molecule has 6 heterocycles. The van der Waals surface area contributed by atoms with Gasteiger partial charge in [-0.3, -0.25) is 44.1 Å². The fraction of sp³-hybridized carbons (Fsp3) is 0.468. The minimum atomic E-state index is -0.647. The van der Waals surface area contributed by atoms with Crippen LogP contribution in [0.4, 0.5) is 17.3 Å². The topological polar surface area (TPSA) is 306 Å². The third-order valence-electron chi connectivity index (χ3n) is 13.2. The first-order chi connectivity index (χ1) is 34.7. The van der Waals surface area contributed by atoms with Crippen molar-refractivity contribution in [3.8, 4) is 11.5 Å². The molecule has 0 bridgehead atoms. The summed E-state index contributed by atoms with van der Waals surface area (Å²) in [6.07, 6.45) is 6.10. The second kappa shape index (κ2) is 22.2. The molecule has 384 valence electrons. The van der Waals surface area contributed by atoms with Crippen molar-refractivity contribution in [2.75, 3.05) is 89.2 Å². The number of imidazole rings is 1. The number of aryl methyl sites for hydroxylation is 2. The molecule has 1 atom stereocenters. The normalized spacial score (nSPS) is 15.9. The number of likely N-dealkylation sites (tertiary alicyclic amines) is 1. The summed E-state index contributed by atoms with van der Waals surface area (Å²) in [5.74, 6) is 5.84. The number of piperidine rings is 1. The highest BCUT2D eigenvalue weighted by Crippen LogP contribution is 2.43. The summed E-state index contributed by atoms with van der Waals surface area (Å²) in [6, 6.07) is 8.22. The second-order valence-electron chi connectivity index (χ2n) is 17.9. The summed E-state index contributed by atoms with van der Waals surface area (Å²) in [5.41, 5.74) is 15.4. The van der Waals surface area contributed by atoms with Crippen molar-refractivity contribution in [3.05, 3.63) is 76.6 Å². The molecule has 0 radical (unpaired) electrons. The van der Waals surface area contributed by atoms with E-state index in [0.29, 0.717) is 84.5 Å². The van der Waals surface area contributed by atoms with Gasteiger partial charge in [0.15, 0.2) is 12.1 Å². The third kappa shape index (κ3) is 10.8. The third-order valence-corrected chi connectivity index (χ3v) is 13.2. The van der Waals surface area contributed by atoms with E-state index in [2.05, 4.69) is 50.5 Å². The van der Waals surface area contributed by atoms with E-state index in [9.17, 15) is 24.0 Å². The lowest BCUT2D eigenvalue weighted by molar-refractivity contribution is -0.142. The number of ether oxygens (including phenoxy) is 2. The van der Waals surface area contributed by atoms with Gasteiger partial charge in [0.25, 0.3) is 11.8 Å². The number of carbonyl (C=O) groups excluding carboxylic acids is 5. The van der Waals surface area contributed by atoms with Crippen LogP contribution in [-0.4, -0.2) is 158 Å². The van der Waals surface area contributed by atoms with E-state index in [1.165, 1.54) is 19.1 Å². The van der Waals surface area contributed by atoms with Crippen LogP contribution >= 0.6 is 0 Å². The van der Waals surface area contributed by atoms with Gasteiger partial charge in [0, 0.05) is 63.4 Å². The molecule has 0 aliphatic carbocycles. The zero-order valence-corrected chi connectivity index (χ0v) is 41.2. The molecule has 1 saturated heterocycles. The Morgan fingerprint density at radius 1 is 0.958 bits per heavy atom. The number of carbonyl (C=O) groups is 5. The Labute approximate surface area is 415 Å². The van der Waals surface area contributed by atoms with Gasteiger partial charge in [-0.25, -0.2) is 10.9 Å². The molecule has 8 rings (SSSR count). The second-order valence-corrected chi connectivity index (χ2v) is 17.9. The van der Waals surface area contributed by atoms with Crippen molar-refractivity contribution >= 4 is 57.9 Å². The van der Waals surface area contributed by atoms with Crippen LogP contribution in [0.3, 0.4) is 0 Å². The van der Waals surface area contributed by atoms with E-state index in [-0.39, 0.29) is 55.2 Å². The molecule has 25 nitrogen and oxygen atoms in total. The summed E-state index contributed by atoms with van der Waals surface area (Å²) in [6.45, 7) is 8.83. The van der Waals surface area contributed by atoms with Gasteiger partial charge in [-0.1, -0.05) is 12.2 Å². The van der Waals surface area contributed by atoms with Crippen molar-refractivity contribution in [2.45, 2.75) is 71.5 Å². The molecular weight excluding hydrogens is 931 g/mol. The number of hydrogen-bond donors (Lipinski definition) is 6. The van der Waals surface area contributed by atoms with Gasteiger partial charge in [0.1, 0.15) is 40.8 Å². The molecule has 25 heteroatoms. The molecule has 5 amide bonds. The Kier molecular flexibility index (Phi) is 15.7. The number of allylic oxidation sites excluding steroid dienone is 1. The van der Waals surface area contributed by atoms with E-state index in [4.69, 9.17) is 31.8 Å². The highest BCUT2D eigenvalue weighted by atomic mass is 16.6. The Balaban J connectivity index is 0.903. The largest absolute Gasteiger partial charge is 0.494 e. The van der Waals surface area contributed by atoms with Crippen LogP contribution in [0.25, 0.3) is 11.0 Å². The molecule has 5 aromatic rings. The fourth-order valence-electron chi connectivity index (χ4n) is 9.50. The van der Waals surface area contributed by atoms with Crippen LogP contribution in [0.2, 0.25) is 0 Å². The molecule has 2 aromatic carbocycles. The van der Waals surface area contributed by atoms with Crippen LogP contribution in [0.5, 0.6) is 11.5 Å². The van der Waals surface area contributed by atoms with E-state index < -0.39 is 17.7 Å².